The van der Waals surface area contributed by atoms with Crippen molar-refractivity contribution in [3.8, 4) is 0 Å². The first kappa shape index (κ1) is 33.8. The molecule has 3 amide bonds. The van der Waals surface area contributed by atoms with E-state index in [4.69, 9.17) is 0 Å². The van der Waals surface area contributed by atoms with Crippen LogP contribution in [0.15, 0.2) is 79.9 Å². The molecular formula is C37H48N4O4S. The Morgan fingerprint density at radius 1 is 0.978 bits per heavy atom. The highest BCUT2D eigenvalue weighted by molar-refractivity contribution is 8.02. The number of nitrogens with zero attached hydrogens (tertiary/aromatic N) is 4. The summed E-state index contributed by atoms with van der Waals surface area (Å²) in [5, 5.41) is 9.78. The van der Waals surface area contributed by atoms with E-state index in [2.05, 4.69) is 38.8 Å². The predicted molar refractivity (Wildman–Crippen MR) is 187 cm³/mol. The summed E-state index contributed by atoms with van der Waals surface area (Å²) in [4.78, 5) is 51.4. The molecule has 3 heterocycles. The van der Waals surface area contributed by atoms with Gasteiger partial charge in [-0.25, -0.2) is 0 Å². The molecule has 2 unspecified atom stereocenters. The van der Waals surface area contributed by atoms with Crippen molar-refractivity contribution >= 4 is 40.9 Å². The third-order valence-electron chi connectivity index (χ3n) is 10.1. The number of rotatable bonds is 15. The number of likely N-dealkylation sites (tertiary alicyclic amines) is 1. The molecule has 3 saturated heterocycles. The smallest absolute Gasteiger partial charge is 0.251 e. The van der Waals surface area contributed by atoms with Gasteiger partial charge < -0.3 is 24.7 Å². The first-order chi connectivity index (χ1) is 22.2. The zero-order valence-electron chi connectivity index (χ0n) is 27.4. The summed E-state index contributed by atoms with van der Waals surface area (Å²) >= 11 is 1.67. The Labute approximate surface area is 278 Å². The fourth-order valence-corrected chi connectivity index (χ4v) is 10.3. The van der Waals surface area contributed by atoms with Crippen LogP contribution in [0.2, 0.25) is 0 Å². The number of carbonyl (C=O) groups is 3. The molecule has 2 aromatic carbocycles. The molecule has 0 aliphatic carbocycles. The zero-order chi connectivity index (χ0) is 33.1. The quantitative estimate of drug-likeness (QED) is 0.271. The molecule has 2 bridgehead atoms. The molecule has 0 radical (unpaired) electrons. The fourth-order valence-electron chi connectivity index (χ4n) is 7.98. The largest absolute Gasteiger partial charge is 0.396 e. The number of anilines is 2. The van der Waals surface area contributed by atoms with Gasteiger partial charge in [0, 0.05) is 62.0 Å². The molecule has 0 saturated carbocycles. The van der Waals surface area contributed by atoms with Crippen molar-refractivity contribution in [2.24, 2.45) is 11.8 Å². The Morgan fingerprint density at radius 2 is 1.63 bits per heavy atom. The minimum atomic E-state index is -0.759. The number of hydrogen-bond donors (Lipinski definition) is 1. The van der Waals surface area contributed by atoms with Gasteiger partial charge in [0.25, 0.3) is 5.91 Å². The predicted octanol–water partition coefficient (Wildman–Crippen LogP) is 5.13. The summed E-state index contributed by atoms with van der Waals surface area (Å²) in [6.45, 7) is 17.2. The summed E-state index contributed by atoms with van der Waals surface area (Å²) < 4.78 is -1.23. The van der Waals surface area contributed by atoms with Gasteiger partial charge in [-0.3, -0.25) is 14.4 Å². The van der Waals surface area contributed by atoms with Gasteiger partial charge in [-0.15, -0.1) is 24.9 Å². The Hall–Kier alpha value is -3.56. The van der Waals surface area contributed by atoms with Crippen LogP contribution >= 0.6 is 11.8 Å². The van der Waals surface area contributed by atoms with Gasteiger partial charge in [-0.05, 0) is 69.9 Å². The second-order valence-corrected chi connectivity index (χ2v) is 14.7. The average molecular weight is 645 g/mol. The molecular weight excluding hydrogens is 596 g/mol. The van der Waals surface area contributed by atoms with E-state index < -0.39 is 27.4 Å². The number of benzene rings is 2. The molecule has 0 aromatic heterocycles. The second-order valence-electron chi connectivity index (χ2n) is 12.8. The maximum atomic E-state index is 14.9. The van der Waals surface area contributed by atoms with Gasteiger partial charge >= 0.3 is 0 Å². The standard InChI is InChI=1S/C37H48N4O4S/c1-6-22-39(26-27-14-11-10-12-15-27)33(43)30-31-34(44)41(24-13-25-42)32(37(31)21-20-36(30,5)46-37)35(45)40(23-7-2)29-18-16-28(17-19-29)38(8-3)9-4/h6-7,10-12,14-19,30-32,42H,1-2,8-9,13,20-26H2,3-5H3/t30-,31+,32?,36+,37?/m1/s1. The molecule has 46 heavy (non-hydrogen) atoms. The van der Waals surface area contributed by atoms with Crippen LogP contribution in [0.4, 0.5) is 11.4 Å². The van der Waals surface area contributed by atoms with E-state index in [-0.39, 0.29) is 37.4 Å². The van der Waals surface area contributed by atoms with E-state index in [1.165, 1.54) is 0 Å². The lowest BCUT2D eigenvalue weighted by Gasteiger charge is -2.38. The maximum Gasteiger partial charge on any atom is 0.251 e. The molecule has 3 fully saturated rings. The Bertz CT molecular complexity index is 1430. The molecule has 1 spiro atoms. The maximum absolute atomic E-state index is 14.9. The molecule has 5 rings (SSSR count). The van der Waals surface area contributed by atoms with E-state index in [0.29, 0.717) is 25.9 Å². The van der Waals surface area contributed by atoms with E-state index in [1.807, 2.05) is 54.6 Å². The van der Waals surface area contributed by atoms with Crippen molar-refractivity contribution in [3.05, 3.63) is 85.5 Å². The van der Waals surface area contributed by atoms with Crippen LogP contribution in [-0.2, 0) is 20.9 Å². The van der Waals surface area contributed by atoms with E-state index in [0.717, 1.165) is 36.4 Å². The molecule has 1 N–H and O–H groups in total. The Kier molecular flexibility index (Phi) is 10.3. The van der Waals surface area contributed by atoms with Crippen molar-refractivity contribution in [2.75, 3.05) is 49.1 Å². The van der Waals surface area contributed by atoms with Gasteiger partial charge in [-0.1, -0.05) is 42.5 Å². The van der Waals surface area contributed by atoms with Gasteiger partial charge in [0.1, 0.15) is 6.04 Å². The zero-order valence-corrected chi connectivity index (χ0v) is 28.3. The number of amides is 3. The SMILES string of the molecule is C=CCN(Cc1ccccc1)C(=O)[C@H]1[C@H]2C(=O)N(CCCO)C(C(=O)N(CC=C)c3ccc(N(CC)CC)cc3)C23CC[C@]1(C)S3. The number of fused-ring (bicyclic) bond motifs is 1. The van der Waals surface area contributed by atoms with Crippen LogP contribution < -0.4 is 9.80 Å². The fraction of sp³-hybridized carbons (Fsp3) is 0.486. The second kappa shape index (κ2) is 14.1. The summed E-state index contributed by atoms with van der Waals surface area (Å²) in [6, 6.07) is 17.1. The van der Waals surface area contributed by atoms with Crippen molar-refractivity contribution in [3.63, 3.8) is 0 Å². The normalized spacial score (nSPS) is 26.1. The van der Waals surface area contributed by atoms with Crippen molar-refractivity contribution in [1.29, 1.82) is 0 Å². The highest BCUT2D eigenvalue weighted by atomic mass is 32.2. The molecule has 8 nitrogen and oxygen atoms in total. The molecule has 9 heteroatoms. The first-order valence-electron chi connectivity index (χ1n) is 16.5. The first-order valence-corrected chi connectivity index (χ1v) is 17.3. The molecule has 3 aliphatic heterocycles. The average Bonchev–Trinajstić information content (AvgIpc) is 3.63. The third-order valence-corrected chi connectivity index (χ3v) is 12.1. The Balaban J connectivity index is 1.52. The minimum Gasteiger partial charge on any atom is -0.396 e. The van der Waals surface area contributed by atoms with E-state index in [1.54, 1.807) is 38.6 Å². The van der Waals surface area contributed by atoms with Crippen LogP contribution in [0, 0.1) is 11.8 Å². The van der Waals surface area contributed by atoms with Crippen LogP contribution in [0.3, 0.4) is 0 Å². The summed E-state index contributed by atoms with van der Waals surface area (Å²) in [7, 11) is 0. The minimum absolute atomic E-state index is 0.0659. The number of thioether (sulfide) groups is 1. The number of aliphatic hydroxyl groups is 1. The summed E-state index contributed by atoms with van der Waals surface area (Å²) in [5.41, 5.74) is 2.83. The van der Waals surface area contributed by atoms with Crippen LogP contribution in [0.5, 0.6) is 0 Å². The van der Waals surface area contributed by atoms with Crippen LogP contribution in [-0.4, -0.2) is 87.5 Å². The Morgan fingerprint density at radius 3 is 2.24 bits per heavy atom. The molecule has 246 valence electrons. The van der Waals surface area contributed by atoms with Crippen molar-refractivity contribution in [1.82, 2.24) is 9.80 Å². The molecule has 2 aromatic rings. The van der Waals surface area contributed by atoms with E-state index >= 15 is 0 Å². The topological polar surface area (TPSA) is 84.4 Å². The summed E-state index contributed by atoms with van der Waals surface area (Å²) in [5.74, 6) is -1.59. The number of hydrogen-bond acceptors (Lipinski definition) is 6. The van der Waals surface area contributed by atoms with Crippen LogP contribution in [0.25, 0.3) is 0 Å². The highest BCUT2D eigenvalue weighted by Gasteiger charge is 2.77. The summed E-state index contributed by atoms with van der Waals surface area (Å²) in [6.07, 6.45) is 5.21. The molecule has 3 aliphatic rings. The molecule has 5 atom stereocenters. The van der Waals surface area contributed by atoms with Gasteiger partial charge in [0.05, 0.1) is 16.6 Å². The lowest BCUT2D eigenvalue weighted by molar-refractivity contribution is -0.145. The number of carbonyl (C=O) groups excluding carboxylic acids is 3. The number of aliphatic hydroxyl groups excluding tert-OH is 1. The lowest BCUT2D eigenvalue weighted by atomic mass is 9.66. The van der Waals surface area contributed by atoms with Gasteiger partial charge in [-0.2, -0.15) is 0 Å². The monoisotopic (exact) mass is 644 g/mol. The van der Waals surface area contributed by atoms with Crippen molar-refractivity contribution in [2.45, 2.75) is 62.1 Å². The highest BCUT2D eigenvalue weighted by Crippen LogP contribution is 2.71. The van der Waals surface area contributed by atoms with E-state index in [9.17, 15) is 19.5 Å². The third kappa shape index (κ3) is 5.88. The van der Waals surface area contributed by atoms with Crippen molar-refractivity contribution < 1.29 is 19.5 Å². The van der Waals surface area contributed by atoms with Gasteiger partial charge in [0.2, 0.25) is 11.8 Å². The van der Waals surface area contributed by atoms with Crippen LogP contribution in [0.1, 0.15) is 45.6 Å². The van der Waals surface area contributed by atoms with Gasteiger partial charge in [0.15, 0.2) is 0 Å². The lowest BCUT2D eigenvalue weighted by Crippen LogP contribution is -2.55.